The largest absolute Gasteiger partial charge is 0.396 e. The van der Waals surface area contributed by atoms with Crippen LogP contribution in [-0.4, -0.2) is 29.2 Å². The van der Waals surface area contributed by atoms with Gasteiger partial charge in [-0.25, -0.2) is 0 Å². The summed E-state index contributed by atoms with van der Waals surface area (Å²) in [5.41, 5.74) is 2.15. The molecule has 3 unspecified atom stereocenters. The Morgan fingerprint density at radius 3 is 3.00 bits per heavy atom. The third-order valence-corrected chi connectivity index (χ3v) is 3.60. The van der Waals surface area contributed by atoms with Crippen molar-refractivity contribution in [2.24, 2.45) is 5.92 Å². The van der Waals surface area contributed by atoms with Gasteiger partial charge in [0.05, 0.1) is 6.61 Å². The van der Waals surface area contributed by atoms with Crippen LogP contribution in [0.25, 0.3) is 0 Å². The molecule has 4 nitrogen and oxygen atoms in total. The molecule has 1 amide bonds. The van der Waals surface area contributed by atoms with Gasteiger partial charge in [-0.2, -0.15) is 0 Å². The van der Waals surface area contributed by atoms with E-state index >= 15 is 0 Å². The van der Waals surface area contributed by atoms with E-state index < -0.39 is 5.38 Å². The number of amides is 1. The lowest BCUT2D eigenvalue weighted by Gasteiger charge is -2.23. The number of carbonyl (C=O) groups is 1. The number of allylic oxidation sites excluding steroid dienone is 4. The summed E-state index contributed by atoms with van der Waals surface area (Å²) >= 11 is 5.74. The average molecular weight is 283 g/mol. The van der Waals surface area contributed by atoms with Crippen LogP contribution >= 0.6 is 11.6 Å². The Balaban J connectivity index is 2.06. The molecule has 0 aromatic rings. The minimum absolute atomic E-state index is 0.0222. The predicted octanol–water partition coefficient (Wildman–Crippen LogP) is 1.43. The number of carbonyl (C=O) groups excluding carboxylic acids is 1. The minimum atomic E-state index is -0.584. The second-order valence-electron chi connectivity index (χ2n) is 4.80. The van der Waals surface area contributed by atoms with Gasteiger partial charge in [0.25, 0.3) is 0 Å². The quantitative estimate of drug-likeness (QED) is 0.684. The summed E-state index contributed by atoms with van der Waals surface area (Å²) in [4.78, 5) is 11.6. The Kier molecular flexibility index (Phi) is 4.66. The second kappa shape index (κ2) is 6.26. The molecule has 104 valence electrons. The van der Waals surface area contributed by atoms with Gasteiger partial charge in [0.1, 0.15) is 11.5 Å². The Bertz CT molecular complexity index is 441. The van der Waals surface area contributed by atoms with E-state index in [1.54, 1.807) is 6.92 Å². The molecule has 0 saturated carbocycles. The van der Waals surface area contributed by atoms with Gasteiger partial charge in [0, 0.05) is 12.1 Å². The first-order chi connectivity index (χ1) is 9.13. The van der Waals surface area contributed by atoms with Crippen LogP contribution in [0.4, 0.5) is 0 Å². The van der Waals surface area contributed by atoms with Crippen LogP contribution in [-0.2, 0) is 4.79 Å². The smallest absolute Gasteiger partial charge is 0.239 e. The lowest BCUT2D eigenvalue weighted by atomic mass is 9.90. The van der Waals surface area contributed by atoms with E-state index in [0.29, 0.717) is 0 Å². The molecule has 0 bridgehead atoms. The third-order valence-electron chi connectivity index (χ3n) is 3.40. The number of aliphatic hydroxyl groups is 1. The lowest BCUT2D eigenvalue weighted by molar-refractivity contribution is -0.121. The van der Waals surface area contributed by atoms with Crippen molar-refractivity contribution in [2.75, 3.05) is 6.61 Å². The molecule has 0 fully saturated rings. The number of alkyl halides is 1. The maximum atomic E-state index is 11.6. The van der Waals surface area contributed by atoms with Crippen molar-refractivity contribution in [1.29, 1.82) is 0 Å². The first-order valence-corrected chi connectivity index (χ1v) is 6.95. The maximum Gasteiger partial charge on any atom is 0.239 e. The number of hydrogen-bond donors (Lipinski definition) is 3. The molecule has 2 aliphatic rings. The van der Waals surface area contributed by atoms with Gasteiger partial charge in [-0.05, 0) is 30.9 Å². The Morgan fingerprint density at radius 2 is 2.42 bits per heavy atom. The normalized spacial score (nSPS) is 27.3. The van der Waals surface area contributed by atoms with E-state index in [1.807, 2.05) is 6.20 Å². The monoisotopic (exact) mass is 282 g/mol. The minimum Gasteiger partial charge on any atom is -0.396 e. The summed E-state index contributed by atoms with van der Waals surface area (Å²) in [6.07, 6.45) is 9.97. The summed E-state index contributed by atoms with van der Waals surface area (Å²) in [5.74, 6) is -0.381. The number of hydrogen-bond acceptors (Lipinski definition) is 3. The highest BCUT2D eigenvalue weighted by molar-refractivity contribution is 6.30. The number of rotatable bonds is 4. The van der Waals surface area contributed by atoms with Crippen LogP contribution in [0.2, 0.25) is 0 Å². The average Bonchev–Trinajstić information content (AvgIpc) is 2.82. The first-order valence-electron chi connectivity index (χ1n) is 6.52. The second-order valence-corrected chi connectivity index (χ2v) is 5.45. The van der Waals surface area contributed by atoms with Crippen molar-refractivity contribution in [2.45, 2.75) is 31.3 Å². The van der Waals surface area contributed by atoms with Crippen molar-refractivity contribution in [3.05, 3.63) is 35.6 Å². The van der Waals surface area contributed by atoms with Crippen molar-refractivity contribution < 1.29 is 9.90 Å². The molecular weight excluding hydrogens is 264 g/mol. The highest BCUT2D eigenvalue weighted by atomic mass is 35.5. The molecule has 0 radical (unpaired) electrons. The van der Waals surface area contributed by atoms with Gasteiger partial charge in [-0.1, -0.05) is 18.2 Å². The van der Waals surface area contributed by atoms with Crippen molar-refractivity contribution in [3.8, 4) is 0 Å². The SMILES string of the molecule is CC(Cl)C(=O)NC1NC=C(C2=CCCC=C2)C1CO. The maximum absolute atomic E-state index is 11.6. The fourth-order valence-corrected chi connectivity index (χ4v) is 2.38. The Labute approximate surface area is 118 Å². The molecule has 0 saturated heterocycles. The van der Waals surface area contributed by atoms with Crippen molar-refractivity contribution in [3.63, 3.8) is 0 Å². The van der Waals surface area contributed by atoms with Crippen LogP contribution in [0.1, 0.15) is 19.8 Å². The van der Waals surface area contributed by atoms with Crippen LogP contribution < -0.4 is 10.6 Å². The van der Waals surface area contributed by atoms with E-state index in [2.05, 4.69) is 28.9 Å². The number of aliphatic hydroxyl groups excluding tert-OH is 1. The van der Waals surface area contributed by atoms with Gasteiger partial charge in [0.15, 0.2) is 0 Å². The Morgan fingerprint density at radius 1 is 1.63 bits per heavy atom. The molecule has 19 heavy (non-hydrogen) atoms. The highest BCUT2D eigenvalue weighted by Crippen LogP contribution is 2.29. The molecule has 1 aliphatic heterocycles. The summed E-state index contributed by atoms with van der Waals surface area (Å²) < 4.78 is 0. The number of nitrogens with one attached hydrogen (secondary N) is 2. The zero-order valence-electron chi connectivity index (χ0n) is 10.9. The van der Waals surface area contributed by atoms with Gasteiger partial charge in [0.2, 0.25) is 5.91 Å². The summed E-state index contributed by atoms with van der Waals surface area (Å²) in [6.45, 7) is 1.60. The summed E-state index contributed by atoms with van der Waals surface area (Å²) in [7, 11) is 0. The van der Waals surface area contributed by atoms with Gasteiger partial charge in [-0.15, -0.1) is 11.6 Å². The van der Waals surface area contributed by atoms with E-state index in [4.69, 9.17) is 11.6 Å². The molecule has 1 heterocycles. The highest BCUT2D eigenvalue weighted by Gasteiger charge is 2.32. The molecule has 0 aromatic heterocycles. The molecule has 3 N–H and O–H groups in total. The third kappa shape index (κ3) is 3.19. The topological polar surface area (TPSA) is 61.4 Å². The fraction of sp³-hybridized carbons (Fsp3) is 0.500. The standard InChI is InChI=1S/C14H19ClN2O2/c1-9(15)14(19)17-13-12(8-18)11(7-16-13)10-5-3-2-4-6-10/h3,5-7,9,12-13,16,18H,2,4,8H2,1H3,(H,17,19). The first kappa shape index (κ1) is 14.2. The van der Waals surface area contributed by atoms with Gasteiger partial charge < -0.3 is 15.7 Å². The van der Waals surface area contributed by atoms with E-state index in [0.717, 1.165) is 24.0 Å². The van der Waals surface area contributed by atoms with Gasteiger partial charge in [-0.3, -0.25) is 4.79 Å². The van der Waals surface area contributed by atoms with Crippen LogP contribution in [0, 0.1) is 5.92 Å². The van der Waals surface area contributed by atoms with Crippen LogP contribution in [0.3, 0.4) is 0 Å². The van der Waals surface area contributed by atoms with Crippen molar-refractivity contribution in [1.82, 2.24) is 10.6 Å². The molecule has 0 aromatic carbocycles. The van der Waals surface area contributed by atoms with Crippen LogP contribution in [0.5, 0.6) is 0 Å². The molecule has 1 aliphatic carbocycles. The fourth-order valence-electron chi connectivity index (χ4n) is 2.32. The van der Waals surface area contributed by atoms with Crippen LogP contribution in [0.15, 0.2) is 35.6 Å². The zero-order valence-corrected chi connectivity index (χ0v) is 11.7. The molecular formula is C14H19ClN2O2. The molecule has 3 atom stereocenters. The number of halogens is 1. The van der Waals surface area contributed by atoms with E-state index in [9.17, 15) is 9.90 Å². The summed E-state index contributed by atoms with van der Waals surface area (Å²) in [6, 6.07) is 0. The summed E-state index contributed by atoms with van der Waals surface area (Å²) in [5, 5.41) is 14.9. The predicted molar refractivity (Wildman–Crippen MR) is 75.5 cm³/mol. The van der Waals surface area contributed by atoms with E-state index in [-0.39, 0.29) is 24.6 Å². The molecule has 2 rings (SSSR count). The Hall–Kier alpha value is -1.26. The lowest BCUT2D eigenvalue weighted by Crippen LogP contribution is -2.48. The molecule has 5 heteroatoms. The van der Waals surface area contributed by atoms with Crippen molar-refractivity contribution >= 4 is 17.5 Å². The molecule has 0 spiro atoms. The van der Waals surface area contributed by atoms with Gasteiger partial charge >= 0.3 is 0 Å². The van der Waals surface area contributed by atoms with E-state index in [1.165, 1.54) is 0 Å². The zero-order chi connectivity index (χ0) is 13.8.